The average molecular weight is 383 g/mol. The van der Waals surface area contributed by atoms with Crippen LogP contribution in [0.5, 0.6) is 0 Å². The van der Waals surface area contributed by atoms with Crippen LogP contribution in [-0.4, -0.2) is 27.4 Å². The molecule has 0 saturated heterocycles. The van der Waals surface area contributed by atoms with Crippen molar-refractivity contribution >= 4 is 33.9 Å². The van der Waals surface area contributed by atoms with E-state index in [1.807, 2.05) is 41.2 Å². The van der Waals surface area contributed by atoms with E-state index in [2.05, 4.69) is 20.9 Å². The molecule has 1 aliphatic carbocycles. The van der Waals surface area contributed by atoms with Crippen molar-refractivity contribution in [1.29, 1.82) is 0 Å². The zero-order valence-corrected chi connectivity index (χ0v) is 15.8. The van der Waals surface area contributed by atoms with E-state index >= 15 is 0 Å². The molecule has 7 nitrogen and oxygen atoms in total. The number of thiazole rings is 1. The number of nitrogens with zero attached hydrogens (tertiary/aromatic N) is 2. The number of urea groups is 1. The summed E-state index contributed by atoms with van der Waals surface area (Å²) in [5.41, 5.74) is 2.41. The Hall–Kier alpha value is -2.87. The van der Waals surface area contributed by atoms with E-state index in [4.69, 9.17) is 0 Å². The Bertz CT molecular complexity index is 930. The van der Waals surface area contributed by atoms with E-state index in [9.17, 15) is 9.59 Å². The summed E-state index contributed by atoms with van der Waals surface area (Å²) in [4.78, 5) is 29.5. The van der Waals surface area contributed by atoms with E-state index in [0.29, 0.717) is 18.2 Å². The predicted molar refractivity (Wildman–Crippen MR) is 105 cm³/mol. The molecule has 2 heterocycles. The molecule has 0 radical (unpaired) electrons. The van der Waals surface area contributed by atoms with E-state index in [-0.39, 0.29) is 18.0 Å². The van der Waals surface area contributed by atoms with Gasteiger partial charge in [-0.15, -0.1) is 11.3 Å². The largest absolute Gasteiger partial charge is 0.353 e. The topological polar surface area (TPSA) is 87.5 Å². The fourth-order valence-corrected chi connectivity index (χ4v) is 3.50. The molecule has 0 unspecified atom stereocenters. The number of carbonyl (C=O) groups is 2. The smallest absolute Gasteiger partial charge is 0.319 e. The Morgan fingerprint density at radius 2 is 2.07 bits per heavy atom. The van der Waals surface area contributed by atoms with Crippen molar-refractivity contribution in [3.8, 4) is 0 Å². The van der Waals surface area contributed by atoms with Gasteiger partial charge in [0.1, 0.15) is 0 Å². The number of carbonyl (C=O) groups excluding carboxylic acids is 2. The first-order chi connectivity index (χ1) is 13.1. The van der Waals surface area contributed by atoms with E-state index in [1.165, 1.54) is 0 Å². The van der Waals surface area contributed by atoms with Crippen LogP contribution in [0.3, 0.4) is 0 Å². The molecule has 3 aromatic rings. The minimum Gasteiger partial charge on any atom is -0.353 e. The van der Waals surface area contributed by atoms with Gasteiger partial charge in [0.15, 0.2) is 4.96 Å². The Labute approximate surface area is 160 Å². The molecule has 0 bridgehead atoms. The van der Waals surface area contributed by atoms with Crippen molar-refractivity contribution in [1.82, 2.24) is 20.0 Å². The molecule has 1 fully saturated rings. The van der Waals surface area contributed by atoms with Crippen LogP contribution >= 0.6 is 11.3 Å². The molecular formula is C19H21N5O2S. The fraction of sp³-hybridized carbons (Fsp3) is 0.316. The maximum absolute atomic E-state index is 12.2. The molecule has 0 spiro atoms. The normalized spacial score (nSPS) is 14.7. The number of anilines is 1. The fourth-order valence-electron chi connectivity index (χ4n) is 2.79. The summed E-state index contributed by atoms with van der Waals surface area (Å²) in [6.45, 7) is 1.90. The minimum absolute atomic E-state index is 0.0461. The minimum atomic E-state index is -0.293. The summed E-state index contributed by atoms with van der Waals surface area (Å²) in [7, 11) is 0. The van der Waals surface area contributed by atoms with Gasteiger partial charge < -0.3 is 16.0 Å². The second kappa shape index (κ2) is 7.40. The van der Waals surface area contributed by atoms with Gasteiger partial charge in [0.2, 0.25) is 5.91 Å². The van der Waals surface area contributed by atoms with Gasteiger partial charge in [-0.25, -0.2) is 9.78 Å². The maximum atomic E-state index is 12.2. The van der Waals surface area contributed by atoms with Crippen LogP contribution < -0.4 is 16.0 Å². The van der Waals surface area contributed by atoms with Gasteiger partial charge in [-0.2, -0.15) is 0 Å². The van der Waals surface area contributed by atoms with Gasteiger partial charge in [-0.05, 0) is 37.5 Å². The lowest BCUT2D eigenvalue weighted by atomic mass is 10.1. The summed E-state index contributed by atoms with van der Waals surface area (Å²) in [6.07, 6.45) is 6.38. The van der Waals surface area contributed by atoms with Crippen LogP contribution in [0, 0.1) is 0 Å². The SMILES string of the molecule is C[C@H](NC(=O)Nc1ccc(CC(=O)NC2CC2)cc1)c1cn2ccsc2n1. The highest BCUT2D eigenvalue weighted by molar-refractivity contribution is 7.15. The van der Waals surface area contributed by atoms with E-state index < -0.39 is 0 Å². The number of amides is 3. The van der Waals surface area contributed by atoms with Crippen LogP contribution in [0.4, 0.5) is 10.5 Å². The molecule has 140 valence electrons. The van der Waals surface area contributed by atoms with E-state index in [0.717, 1.165) is 29.1 Å². The third-order valence-corrected chi connectivity index (χ3v) is 5.19. The van der Waals surface area contributed by atoms with Crippen molar-refractivity contribution in [2.24, 2.45) is 0 Å². The quantitative estimate of drug-likeness (QED) is 0.611. The third kappa shape index (κ3) is 4.46. The molecule has 2 aromatic heterocycles. The summed E-state index contributed by atoms with van der Waals surface area (Å²) >= 11 is 1.55. The molecule has 3 N–H and O–H groups in total. The van der Waals surface area contributed by atoms with Crippen LogP contribution in [-0.2, 0) is 11.2 Å². The second-order valence-corrected chi connectivity index (χ2v) is 7.67. The Morgan fingerprint density at radius 3 is 2.78 bits per heavy atom. The van der Waals surface area contributed by atoms with Crippen molar-refractivity contribution < 1.29 is 9.59 Å². The molecule has 8 heteroatoms. The predicted octanol–water partition coefficient (Wildman–Crippen LogP) is 3.10. The Balaban J connectivity index is 1.29. The third-order valence-electron chi connectivity index (χ3n) is 4.42. The number of aromatic nitrogens is 2. The lowest BCUT2D eigenvalue weighted by Gasteiger charge is -2.13. The highest BCUT2D eigenvalue weighted by atomic mass is 32.1. The lowest BCUT2D eigenvalue weighted by Crippen LogP contribution is -2.31. The van der Waals surface area contributed by atoms with Crippen molar-refractivity contribution in [2.75, 3.05) is 5.32 Å². The number of benzene rings is 1. The molecule has 27 heavy (non-hydrogen) atoms. The number of fused-ring (bicyclic) bond motifs is 1. The van der Waals surface area contributed by atoms with Crippen molar-refractivity contribution in [3.63, 3.8) is 0 Å². The molecule has 4 rings (SSSR count). The summed E-state index contributed by atoms with van der Waals surface area (Å²) < 4.78 is 1.94. The monoisotopic (exact) mass is 383 g/mol. The number of hydrogen-bond acceptors (Lipinski definition) is 4. The summed E-state index contributed by atoms with van der Waals surface area (Å²) in [5, 5.41) is 10.6. The number of hydrogen-bond donors (Lipinski definition) is 3. The van der Waals surface area contributed by atoms with Gasteiger partial charge >= 0.3 is 6.03 Å². The first kappa shape index (κ1) is 17.5. The summed E-state index contributed by atoms with van der Waals surface area (Å²) in [5.74, 6) is 0.0461. The first-order valence-electron chi connectivity index (χ1n) is 8.95. The van der Waals surface area contributed by atoms with Crippen LogP contribution in [0.25, 0.3) is 4.96 Å². The maximum Gasteiger partial charge on any atom is 0.319 e. The van der Waals surface area contributed by atoms with Crippen LogP contribution in [0.2, 0.25) is 0 Å². The lowest BCUT2D eigenvalue weighted by molar-refractivity contribution is -0.120. The number of imidazole rings is 1. The first-order valence-corrected chi connectivity index (χ1v) is 9.83. The Morgan fingerprint density at radius 1 is 1.30 bits per heavy atom. The molecule has 1 atom stereocenters. The molecule has 1 saturated carbocycles. The number of rotatable bonds is 6. The van der Waals surface area contributed by atoms with Gasteiger partial charge in [0.25, 0.3) is 0 Å². The van der Waals surface area contributed by atoms with Gasteiger partial charge in [0.05, 0.1) is 18.2 Å². The number of nitrogens with one attached hydrogen (secondary N) is 3. The zero-order valence-electron chi connectivity index (χ0n) is 14.9. The van der Waals surface area contributed by atoms with Gasteiger partial charge in [-0.3, -0.25) is 9.20 Å². The summed E-state index contributed by atoms with van der Waals surface area (Å²) in [6, 6.07) is 7.19. The second-order valence-electron chi connectivity index (χ2n) is 6.79. The van der Waals surface area contributed by atoms with Gasteiger partial charge in [-0.1, -0.05) is 12.1 Å². The molecule has 1 aliphatic rings. The van der Waals surface area contributed by atoms with Gasteiger partial charge in [0, 0.05) is 29.5 Å². The highest BCUT2D eigenvalue weighted by Crippen LogP contribution is 2.19. The average Bonchev–Trinajstić information content (AvgIpc) is 3.16. The standard InChI is InChI=1S/C19H21N5O2S/c1-12(16-11-24-8-9-27-19(24)23-16)20-18(26)22-15-4-2-13(3-5-15)10-17(25)21-14-6-7-14/h2-5,8-9,11-12,14H,6-7,10H2,1H3,(H,21,25)(H2,20,22,26)/t12-/m0/s1. The highest BCUT2D eigenvalue weighted by Gasteiger charge is 2.23. The van der Waals surface area contributed by atoms with Crippen LogP contribution in [0.1, 0.15) is 37.1 Å². The van der Waals surface area contributed by atoms with E-state index in [1.54, 1.807) is 23.5 Å². The molecule has 1 aromatic carbocycles. The van der Waals surface area contributed by atoms with Crippen molar-refractivity contribution in [3.05, 3.63) is 53.3 Å². The van der Waals surface area contributed by atoms with Crippen LogP contribution in [0.15, 0.2) is 42.0 Å². The Kier molecular flexibility index (Phi) is 4.81. The zero-order chi connectivity index (χ0) is 18.8. The molecule has 0 aliphatic heterocycles. The molecule has 3 amide bonds. The van der Waals surface area contributed by atoms with Crippen molar-refractivity contribution in [2.45, 2.75) is 38.3 Å². The molecular weight excluding hydrogens is 362 g/mol.